The van der Waals surface area contributed by atoms with E-state index in [4.69, 9.17) is 18.3 Å². The van der Waals surface area contributed by atoms with E-state index in [9.17, 15) is 0 Å². The van der Waals surface area contributed by atoms with Crippen LogP contribution in [0.4, 0.5) is 0 Å². The topological polar surface area (TPSA) is 36.9 Å². The van der Waals surface area contributed by atoms with E-state index in [-0.39, 0.29) is 22.3 Å². The highest BCUT2D eigenvalue weighted by atomic mass is 28.4. The smallest absolute Gasteiger partial charge is 0.192 e. The summed E-state index contributed by atoms with van der Waals surface area (Å²) in [7, 11) is -2.41. The normalized spacial score (nSPS) is 28.6. The van der Waals surface area contributed by atoms with Gasteiger partial charge in [-0.3, -0.25) is 0 Å². The van der Waals surface area contributed by atoms with Crippen molar-refractivity contribution in [3.63, 3.8) is 0 Å². The number of methoxy groups -OCH3 is 1. The van der Waals surface area contributed by atoms with Crippen LogP contribution in [0.3, 0.4) is 0 Å². The first kappa shape index (κ1) is 43.9. The predicted octanol–water partition coefficient (Wildman–Crippen LogP) is 13.4. The molecule has 3 aliphatic rings. The van der Waals surface area contributed by atoms with Gasteiger partial charge in [-0.05, 0) is 128 Å². The minimum Gasteiger partial charge on any atom is -0.410 e. The van der Waals surface area contributed by atoms with Gasteiger partial charge >= 0.3 is 0 Å². The van der Waals surface area contributed by atoms with Crippen molar-refractivity contribution in [1.29, 1.82) is 0 Å². The van der Waals surface area contributed by atoms with Crippen molar-refractivity contribution < 1.29 is 18.3 Å². The molecular weight excluding hydrogens is 649 g/mol. The molecule has 0 saturated heterocycles. The van der Waals surface area contributed by atoms with Crippen LogP contribution in [0.1, 0.15) is 147 Å². The van der Waals surface area contributed by atoms with Gasteiger partial charge in [-0.2, -0.15) is 0 Å². The van der Waals surface area contributed by atoms with Gasteiger partial charge in [-0.25, -0.2) is 0 Å². The Morgan fingerprint density at radius 2 is 1.44 bits per heavy atom. The number of ether oxygens (including phenoxy) is 2. The molecule has 2 unspecified atom stereocenters. The number of fused-ring (bicyclic) bond motifs is 1. The maximum absolute atomic E-state index is 7.34. The van der Waals surface area contributed by atoms with Crippen molar-refractivity contribution in [3.8, 4) is 0 Å². The Kier molecular flexibility index (Phi) is 15.2. The van der Waals surface area contributed by atoms with Crippen molar-refractivity contribution >= 4 is 16.6 Å². The lowest BCUT2D eigenvalue weighted by atomic mass is 9.60. The molecule has 0 aromatic carbocycles. The molecule has 290 valence electrons. The highest BCUT2D eigenvalue weighted by Crippen LogP contribution is 2.60. The molecule has 3 aliphatic carbocycles. The first-order chi connectivity index (χ1) is 22.9. The van der Waals surface area contributed by atoms with E-state index in [0.29, 0.717) is 24.2 Å². The molecule has 3 fully saturated rings. The average Bonchev–Trinajstić information content (AvgIpc) is 3.32. The van der Waals surface area contributed by atoms with E-state index in [1.165, 1.54) is 62.5 Å². The molecule has 4 nitrogen and oxygen atoms in total. The first-order valence-corrected chi connectivity index (χ1v) is 26.2. The summed E-state index contributed by atoms with van der Waals surface area (Å²) in [5.74, 6) is 2.40. The van der Waals surface area contributed by atoms with Gasteiger partial charge in [0.1, 0.15) is 6.79 Å². The molecular formula is C44H82O4Si2. The van der Waals surface area contributed by atoms with E-state index < -0.39 is 16.6 Å². The van der Waals surface area contributed by atoms with Gasteiger partial charge in [-0.1, -0.05) is 118 Å². The van der Waals surface area contributed by atoms with Gasteiger partial charge < -0.3 is 18.3 Å². The molecule has 0 radical (unpaired) electrons. The van der Waals surface area contributed by atoms with E-state index in [1.54, 1.807) is 12.7 Å². The molecule has 3 saturated carbocycles. The minimum atomic E-state index is -2.05. The van der Waals surface area contributed by atoms with Crippen LogP contribution >= 0.6 is 0 Å². The lowest BCUT2D eigenvalue weighted by Gasteiger charge is -2.46. The predicted molar refractivity (Wildman–Crippen MR) is 221 cm³/mol. The summed E-state index contributed by atoms with van der Waals surface area (Å²) in [5, 5.41) is 0.266. The summed E-state index contributed by atoms with van der Waals surface area (Å²) in [5.41, 5.74) is 5.44. The van der Waals surface area contributed by atoms with Gasteiger partial charge in [-0.15, -0.1) is 0 Å². The van der Waals surface area contributed by atoms with E-state index in [0.717, 1.165) is 37.0 Å². The molecule has 6 atom stereocenters. The van der Waals surface area contributed by atoms with Crippen LogP contribution in [-0.4, -0.2) is 49.4 Å². The monoisotopic (exact) mass is 731 g/mol. The van der Waals surface area contributed by atoms with Crippen molar-refractivity contribution in [2.75, 3.05) is 20.5 Å². The summed E-state index contributed by atoms with van der Waals surface area (Å²) in [6.07, 6.45) is 21.2. The SMILES string of the molecule is COCOCCC=C1[C@H](O[Si](C)(C)C(C)(C)C)CC(=C/C=C2\CCC[C@@]3(C)C2CCC3[C@H](C)CCCC(C)(C)C)C[C@H]1O[Si](C)(C)C(C)(C)C. The standard InChI is InChI=1S/C44H82O4Si2/c1-33(20-17-27-41(2,3)4)37-25-26-38-35(21-18-28-44(37,38)11)24-23-34-30-39(47-49(13,14)42(5,6)7)36(22-19-29-46-32-45-12)40(31-34)48-50(15,16)43(8,9)10/h22-24,33,37-40H,17-21,25-32H2,1-16H3/b34-23?,35-24+,36-22?/t33-,37?,38?,39-,40-,44-/m1/s1. The zero-order valence-corrected chi connectivity index (χ0v) is 37.9. The Morgan fingerprint density at radius 3 is 1.96 bits per heavy atom. The third kappa shape index (κ3) is 11.5. The Morgan fingerprint density at radius 1 is 0.860 bits per heavy atom. The van der Waals surface area contributed by atoms with Crippen molar-refractivity contribution in [3.05, 3.63) is 34.9 Å². The van der Waals surface area contributed by atoms with Crippen LogP contribution in [0.25, 0.3) is 0 Å². The average molecular weight is 731 g/mol. The van der Waals surface area contributed by atoms with Crippen molar-refractivity contribution in [1.82, 2.24) is 0 Å². The highest BCUT2D eigenvalue weighted by Gasteiger charge is 2.51. The fourth-order valence-corrected chi connectivity index (χ4v) is 11.3. The third-order valence-electron chi connectivity index (χ3n) is 13.8. The molecule has 0 aromatic rings. The molecule has 0 aliphatic heterocycles. The summed E-state index contributed by atoms with van der Waals surface area (Å²) in [6, 6.07) is 0. The number of hydrogen-bond donors (Lipinski definition) is 0. The van der Waals surface area contributed by atoms with Crippen LogP contribution in [0, 0.1) is 28.6 Å². The molecule has 0 bridgehead atoms. The lowest BCUT2D eigenvalue weighted by molar-refractivity contribution is -0.0287. The van der Waals surface area contributed by atoms with Crippen LogP contribution in [0.5, 0.6) is 0 Å². The minimum absolute atomic E-state index is 0.0351. The summed E-state index contributed by atoms with van der Waals surface area (Å²) >= 11 is 0. The molecule has 50 heavy (non-hydrogen) atoms. The highest BCUT2D eigenvalue weighted by molar-refractivity contribution is 6.74. The fourth-order valence-electron chi connectivity index (χ4n) is 8.73. The Bertz CT molecular complexity index is 1140. The Labute approximate surface area is 313 Å². The second-order valence-corrected chi connectivity index (χ2v) is 30.6. The molecule has 0 spiro atoms. The number of hydrogen-bond acceptors (Lipinski definition) is 4. The van der Waals surface area contributed by atoms with Gasteiger partial charge in [0.05, 0.1) is 18.8 Å². The first-order valence-electron chi connectivity index (χ1n) is 20.4. The largest absolute Gasteiger partial charge is 0.410 e. The number of rotatable bonds is 14. The van der Waals surface area contributed by atoms with Crippen LogP contribution in [-0.2, 0) is 18.3 Å². The summed E-state index contributed by atoms with van der Waals surface area (Å²) in [6.45, 7) is 37.1. The van der Waals surface area contributed by atoms with Crippen molar-refractivity contribution in [2.45, 2.75) is 195 Å². The van der Waals surface area contributed by atoms with E-state index >= 15 is 0 Å². The Balaban J connectivity index is 1.95. The quantitative estimate of drug-likeness (QED) is 0.0772. The van der Waals surface area contributed by atoms with Crippen molar-refractivity contribution in [2.24, 2.45) is 28.6 Å². The maximum Gasteiger partial charge on any atom is 0.192 e. The zero-order valence-electron chi connectivity index (χ0n) is 35.9. The number of allylic oxidation sites excluding steroid dienone is 3. The second kappa shape index (κ2) is 17.3. The molecule has 0 amide bonds. The Hall–Kier alpha value is -0.506. The summed E-state index contributed by atoms with van der Waals surface area (Å²) in [4.78, 5) is 0. The van der Waals surface area contributed by atoms with Crippen LogP contribution < -0.4 is 0 Å². The lowest BCUT2D eigenvalue weighted by Crippen LogP contribution is -2.50. The second-order valence-electron chi connectivity index (χ2n) is 21.0. The van der Waals surface area contributed by atoms with Gasteiger partial charge in [0.25, 0.3) is 0 Å². The molecule has 0 N–H and O–H groups in total. The maximum atomic E-state index is 7.34. The zero-order chi connectivity index (χ0) is 37.8. The van der Waals surface area contributed by atoms with Gasteiger partial charge in [0, 0.05) is 7.11 Å². The van der Waals surface area contributed by atoms with E-state index in [2.05, 4.69) is 121 Å². The van der Waals surface area contributed by atoms with Crippen LogP contribution in [0.2, 0.25) is 36.3 Å². The van der Waals surface area contributed by atoms with E-state index in [1.807, 2.05) is 0 Å². The molecule has 3 rings (SSSR count). The van der Waals surface area contributed by atoms with Gasteiger partial charge in [0.15, 0.2) is 16.6 Å². The molecule has 0 aromatic heterocycles. The summed E-state index contributed by atoms with van der Waals surface area (Å²) < 4.78 is 25.6. The molecule has 6 heteroatoms. The molecule has 0 heterocycles. The van der Waals surface area contributed by atoms with Gasteiger partial charge in [0.2, 0.25) is 0 Å². The third-order valence-corrected chi connectivity index (χ3v) is 22.8. The van der Waals surface area contributed by atoms with Crippen LogP contribution in [0.15, 0.2) is 34.9 Å². The fraction of sp³-hybridized carbons (Fsp3) is 0.864.